The second kappa shape index (κ2) is 8.19. The smallest absolute Gasteiger partial charge is 0.323 e. The molecule has 0 saturated carbocycles. The molecule has 0 saturated heterocycles. The number of fused-ring (bicyclic) bond motifs is 1. The van der Waals surface area contributed by atoms with Crippen LogP contribution >= 0.6 is 11.6 Å². The van der Waals surface area contributed by atoms with Crippen molar-refractivity contribution in [2.45, 2.75) is 13.1 Å². The molecule has 31 heavy (non-hydrogen) atoms. The Morgan fingerprint density at radius 3 is 2.52 bits per heavy atom. The van der Waals surface area contributed by atoms with Gasteiger partial charge in [-0.2, -0.15) is 5.10 Å². The van der Waals surface area contributed by atoms with Crippen LogP contribution in [0.25, 0.3) is 11.0 Å². The maximum Gasteiger partial charge on any atom is 0.332 e. The lowest BCUT2D eigenvalue weighted by Gasteiger charge is -2.12. The number of hydrogen-bond acceptors (Lipinski definition) is 4. The number of aromatic nitrogens is 4. The first-order chi connectivity index (χ1) is 14.8. The molecule has 2 heterocycles. The van der Waals surface area contributed by atoms with E-state index in [2.05, 4.69) is 10.4 Å². The van der Waals surface area contributed by atoms with Gasteiger partial charge in [0.2, 0.25) is 5.91 Å². The van der Waals surface area contributed by atoms with Crippen LogP contribution in [-0.4, -0.2) is 24.8 Å². The summed E-state index contributed by atoms with van der Waals surface area (Å²) in [7, 11) is 1.61. The SMILES string of the molecule is Cn1cc2c(n1)c(=O)n(Cc1ccc(F)cc1)c(=O)n2CC(=O)Nc1ccccc1Cl. The third-order valence-electron chi connectivity index (χ3n) is 4.71. The maximum atomic E-state index is 13.2. The number of nitrogens with one attached hydrogen (secondary N) is 1. The van der Waals surface area contributed by atoms with Gasteiger partial charge < -0.3 is 5.32 Å². The van der Waals surface area contributed by atoms with E-state index in [4.69, 9.17) is 11.6 Å². The first kappa shape index (κ1) is 20.5. The van der Waals surface area contributed by atoms with E-state index in [0.29, 0.717) is 16.3 Å². The Morgan fingerprint density at radius 1 is 1.10 bits per heavy atom. The standard InChI is InChI=1S/C21H17ClFN5O3/c1-26-11-17-19(25-26)20(30)28(10-13-6-8-14(23)9-7-13)21(31)27(17)12-18(29)24-16-5-3-2-4-15(16)22/h2-9,11H,10,12H2,1H3,(H,24,29). The van der Waals surface area contributed by atoms with Crippen LogP contribution in [0.4, 0.5) is 10.1 Å². The summed E-state index contributed by atoms with van der Waals surface area (Å²) in [5, 5.41) is 7.16. The highest BCUT2D eigenvalue weighted by molar-refractivity contribution is 6.33. The number of carbonyl (C=O) groups is 1. The number of halogens is 2. The zero-order valence-electron chi connectivity index (χ0n) is 16.4. The van der Waals surface area contributed by atoms with Crippen molar-refractivity contribution in [2.75, 3.05) is 5.32 Å². The fourth-order valence-electron chi connectivity index (χ4n) is 3.25. The third kappa shape index (κ3) is 4.13. The Morgan fingerprint density at radius 2 is 1.81 bits per heavy atom. The zero-order chi connectivity index (χ0) is 22.1. The fraction of sp³-hybridized carbons (Fsp3) is 0.143. The predicted octanol–water partition coefficient (Wildman–Crippen LogP) is 2.38. The summed E-state index contributed by atoms with van der Waals surface area (Å²) in [6.07, 6.45) is 1.50. The summed E-state index contributed by atoms with van der Waals surface area (Å²) in [6.45, 7) is -0.438. The summed E-state index contributed by atoms with van der Waals surface area (Å²) in [4.78, 5) is 38.7. The van der Waals surface area contributed by atoms with Gasteiger partial charge in [-0.05, 0) is 29.8 Å². The van der Waals surface area contributed by atoms with Gasteiger partial charge in [-0.3, -0.25) is 23.4 Å². The topological polar surface area (TPSA) is 90.9 Å². The van der Waals surface area contributed by atoms with E-state index in [0.717, 1.165) is 4.57 Å². The molecule has 2 aromatic carbocycles. The Balaban J connectivity index is 1.76. The molecule has 0 unspecified atom stereocenters. The lowest BCUT2D eigenvalue weighted by atomic mass is 10.2. The largest absolute Gasteiger partial charge is 0.332 e. The first-order valence-electron chi connectivity index (χ1n) is 9.29. The van der Waals surface area contributed by atoms with E-state index >= 15 is 0 Å². The average molecular weight is 442 g/mol. The van der Waals surface area contributed by atoms with Gasteiger partial charge in [0.1, 0.15) is 12.4 Å². The third-order valence-corrected chi connectivity index (χ3v) is 5.04. The molecule has 0 radical (unpaired) electrons. The van der Waals surface area contributed by atoms with Gasteiger partial charge in [0.25, 0.3) is 5.56 Å². The van der Waals surface area contributed by atoms with Crippen molar-refractivity contribution in [2.24, 2.45) is 7.05 Å². The van der Waals surface area contributed by atoms with Gasteiger partial charge in [-0.1, -0.05) is 35.9 Å². The minimum atomic E-state index is -0.677. The van der Waals surface area contributed by atoms with E-state index in [1.165, 1.54) is 39.7 Å². The molecule has 1 N–H and O–H groups in total. The van der Waals surface area contributed by atoms with Crippen LogP contribution < -0.4 is 16.6 Å². The van der Waals surface area contributed by atoms with Crippen molar-refractivity contribution in [3.05, 3.63) is 92.0 Å². The number of anilines is 1. The molecular weight excluding hydrogens is 425 g/mol. The van der Waals surface area contributed by atoms with Gasteiger partial charge in [0.05, 0.1) is 22.8 Å². The molecule has 2 aromatic heterocycles. The number of para-hydroxylation sites is 1. The number of nitrogens with zero attached hydrogens (tertiary/aromatic N) is 4. The summed E-state index contributed by atoms with van der Waals surface area (Å²) >= 11 is 6.08. The lowest BCUT2D eigenvalue weighted by molar-refractivity contribution is -0.116. The fourth-order valence-corrected chi connectivity index (χ4v) is 3.43. The maximum absolute atomic E-state index is 13.2. The summed E-state index contributed by atoms with van der Waals surface area (Å²) in [6, 6.07) is 12.2. The lowest BCUT2D eigenvalue weighted by Crippen LogP contribution is -2.41. The highest BCUT2D eigenvalue weighted by Gasteiger charge is 2.18. The summed E-state index contributed by atoms with van der Waals surface area (Å²) in [5.41, 5.74) is -0.0130. The van der Waals surface area contributed by atoms with Crippen molar-refractivity contribution < 1.29 is 9.18 Å². The van der Waals surface area contributed by atoms with Crippen LogP contribution in [0.15, 0.2) is 64.3 Å². The molecule has 0 fully saturated rings. The molecule has 8 nitrogen and oxygen atoms in total. The van der Waals surface area contributed by atoms with Gasteiger partial charge >= 0.3 is 5.69 Å². The van der Waals surface area contributed by atoms with Gasteiger partial charge in [0, 0.05) is 13.2 Å². The molecule has 158 valence electrons. The zero-order valence-corrected chi connectivity index (χ0v) is 17.1. The quantitative estimate of drug-likeness (QED) is 0.515. The van der Waals surface area contributed by atoms with Crippen LogP contribution in [0.3, 0.4) is 0 Å². The predicted molar refractivity (Wildman–Crippen MR) is 115 cm³/mol. The Labute approximate surface area is 180 Å². The number of benzene rings is 2. The average Bonchev–Trinajstić information content (AvgIpc) is 3.13. The summed E-state index contributed by atoms with van der Waals surface area (Å²) in [5.74, 6) is -0.919. The summed E-state index contributed by atoms with van der Waals surface area (Å²) < 4.78 is 16.8. The molecule has 0 bridgehead atoms. The molecule has 4 rings (SSSR count). The number of hydrogen-bond donors (Lipinski definition) is 1. The van der Waals surface area contributed by atoms with Crippen molar-refractivity contribution in [3.63, 3.8) is 0 Å². The van der Waals surface area contributed by atoms with Gasteiger partial charge in [-0.15, -0.1) is 0 Å². The molecule has 1 amide bonds. The van der Waals surface area contributed by atoms with E-state index < -0.39 is 23.0 Å². The number of rotatable bonds is 5. The van der Waals surface area contributed by atoms with Crippen LogP contribution in [0, 0.1) is 5.82 Å². The number of carbonyl (C=O) groups excluding carboxylic acids is 1. The van der Waals surface area contributed by atoms with Crippen LogP contribution in [0.2, 0.25) is 5.02 Å². The molecule has 0 atom stereocenters. The highest BCUT2D eigenvalue weighted by Crippen LogP contribution is 2.20. The minimum absolute atomic E-state index is 0.0507. The highest BCUT2D eigenvalue weighted by atomic mass is 35.5. The first-order valence-corrected chi connectivity index (χ1v) is 9.67. The van der Waals surface area contributed by atoms with Crippen molar-refractivity contribution in [1.82, 2.24) is 18.9 Å². The van der Waals surface area contributed by atoms with Crippen LogP contribution in [0.5, 0.6) is 0 Å². The molecule has 0 spiro atoms. The van der Waals surface area contributed by atoms with Gasteiger partial charge in [-0.25, -0.2) is 9.18 Å². The Bertz CT molecular complexity index is 1410. The molecule has 10 heteroatoms. The van der Waals surface area contributed by atoms with Crippen LogP contribution in [0.1, 0.15) is 5.56 Å². The van der Waals surface area contributed by atoms with E-state index in [-0.39, 0.29) is 24.1 Å². The Hall–Kier alpha value is -3.72. The Kier molecular flexibility index (Phi) is 5.43. The van der Waals surface area contributed by atoms with E-state index in [1.807, 2.05) is 0 Å². The second-order valence-corrected chi connectivity index (χ2v) is 7.36. The molecule has 0 aliphatic heterocycles. The number of amides is 1. The minimum Gasteiger partial charge on any atom is -0.323 e. The van der Waals surface area contributed by atoms with Crippen molar-refractivity contribution in [1.29, 1.82) is 0 Å². The van der Waals surface area contributed by atoms with Crippen molar-refractivity contribution >= 4 is 34.2 Å². The number of aryl methyl sites for hydroxylation is 1. The van der Waals surface area contributed by atoms with Crippen molar-refractivity contribution in [3.8, 4) is 0 Å². The molecule has 4 aromatic rings. The monoisotopic (exact) mass is 441 g/mol. The van der Waals surface area contributed by atoms with E-state index in [9.17, 15) is 18.8 Å². The van der Waals surface area contributed by atoms with Gasteiger partial charge in [0.15, 0.2) is 5.52 Å². The molecule has 0 aliphatic carbocycles. The molecule has 0 aliphatic rings. The van der Waals surface area contributed by atoms with E-state index in [1.54, 1.807) is 31.3 Å². The normalized spacial score (nSPS) is 11.1. The second-order valence-electron chi connectivity index (χ2n) is 6.95. The molecular formula is C21H17ClFN5O3. The van der Waals surface area contributed by atoms with Crippen LogP contribution in [-0.2, 0) is 24.9 Å².